The Kier molecular flexibility index (Phi) is 4.57. The molecule has 0 spiro atoms. The van der Waals surface area contributed by atoms with Crippen LogP contribution in [0.1, 0.15) is 52.9 Å². The highest BCUT2D eigenvalue weighted by Gasteiger charge is 2.34. The average Bonchev–Trinajstić information content (AvgIpc) is 2.18. The first-order chi connectivity index (χ1) is 7.16. The molecule has 1 fully saturated rings. The van der Waals surface area contributed by atoms with Crippen LogP contribution < -0.4 is 0 Å². The smallest absolute Gasteiger partial charge is 0.303 e. The molecule has 2 nitrogen and oxygen atoms in total. The molecular weight excluding hydrogens is 200 g/mol. The third-order valence-corrected chi connectivity index (χ3v) is 4.06. The van der Waals surface area contributed by atoms with Crippen LogP contribution in [0.5, 0.6) is 0 Å². The Morgan fingerprint density at radius 3 is 2.88 bits per heavy atom. The predicted octanol–water partition coefficient (Wildman–Crippen LogP) is 3.87. The molecule has 0 aromatic heterocycles. The van der Waals surface area contributed by atoms with Crippen LogP contribution in [0, 0.1) is 17.8 Å². The topological polar surface area (TPSA) is 37.3 Å². The van der Waals surface area contributed by atoms with Crippen molar-refractivity contribution >= 4 is 5.97 Å². The van der Waals surface area contributed by atoms with Crippen molar-refractivity contribution in [3.05, 3.63) is 11.6 Å². The second-order valence-corrected chi connectivity index (χ2v) is 5.18. The molecular formula is C14H24O2. The average molecular weight is 224 g/mol. The van der Waals surface area contributed by atoms with Gasteiger partial charge in [0.1, 0.15) is 0 Å². The molecule has 1 unspecified atom stereocenters. The van der Waals surface area contributed by atoms with Crippen LogP contribution in [-0.4, -0.2) is 11.1 Å². The lowest BCUT2D eigenvalue weighted by Crippen LogP contribution is -2.30. The summed E-state index contributed by atoms with van der Waals surface area (Å²) in [7, 11) is 0. The molecule has 92 valence electrons. The minimum atomic E-state index is -0.628. The van der Waals surface area contributed by atoms with Gasteiger partial charge in [-0.15, -0.1) is 0 Å². The van der Waals surface area contributed by atoms with Gasteiger partial charge in [0.15, 0.2) is 0 Å². The number of carboxylic acids is 1. The van der Waals surface area contributed by atoms with Crippen molar-refractivity contribution in [1.82, 2.24) is 0 Å². The molecule has 2 rings (SSSR count). The van der Waals surface area contributed by atoms with Crippen molar-refractivity contribution in [2.75, 3.05) is 0 Å². The summed E-state index contributed by atoms with van der Waals surface area (Å²) in [6, 6.07) is 0. The van der Waals surface area contributed by atoms with E-state index in [4.69, 9.17) is 5.11 Å². The minimum Gasteiger partial charge on any atom is -0.481 e. The SMILES string of the molecule is C.CC1=CC2[C@H](CCC[C@H]2CC(=O)O)CC1. The number of hydrogen-bond donors (Lipinski definition) is 1. The van der Waals surface area contributed by atoms with Crippen molar-refractivity contribution in [1.29, 1.82) is 0 Å². The third-order valence-electron chi connectivity index (χ3n) is 4.06. The van der Waals surface area contributed by atoms with Crippen LogP contribution in [0.15, 0.2) is 11.6 Å². The number of fused-ring (bicyclic) bond motifs is 1. The third kappa shape index (κ3) is 2.87. The standard InChI is InChI=1S/C13H20O2.CH4/c1-9-5-6-10-3-2-4-11(8-13(14)15)12(10)7-9;/h7,10-12H,2-6,8H2,1H3,(H,14,15);1H4/t10-,11+,12?;/m1./s1. The minimum absolute atomic E-state index is 0. The fourth-order valence-electron chi connectivity index (χ4n) is 3.31. The van der Waals surface area contributed by atoms with Crippen molar-refractivity contribution in [3.63, 3.8) is 0 Å². The number of carbonyl (C=O) groups is 1. The molecule has 2 heteroatoms. The second kappa shape index (κ2) is 5.51. The second-order valence-electron chi connectivity index (χ2n) is 5.18. The van der Waals surface area contributed by atoms with Crippen molar-refractivity contribution in [2.24, 2.45) is 17.8 Å². The van der Waals surface area contributed by atoms with Crippen molar-refractivity contribution < 1.29 is 9.90 Å². The molecule has 1 N–H and O–H groups in total. The van der Waals surface area contributed by atoms with Crippen LogP contribution in [0.25, 0.3) is 0 Å². The van der Waals surface area contributed by atoms with E-state index in [2.05, 4.69) is 13.0 Å². The van der Waals surface area contributed by atoms with Gasteiger partial charge >= 0.3 is 5.97 Å². The molecule has 0 aliphatic heterocycles. The maximum Gasteiger partial charge on any atom is 0.303 e. The quantitative estimate of drug-likeness (QED) is 0.723. The molecule has 2 aliphatic rings. The Morgan fingerprint density at radius 2 is 2.19 bits per heavy atom. The normalized spacial score (nSPS) is 33.3. The van der Waals surface area contributed by atoms with E-state index < -0.39 is 5.97 Å². The highest BCUT2D eigenvalue weighted by Crippen LogP contribution is 2.43. The zero-order chi connectivity index (χ0) is 10.8. The molecule has 0 radical (unpaired) electrons. The molecule has 0 amide bonds. The maximum absolute atomic E-state index is 10.8. The Bertz CT molecular complexity index is 280. The van der Waals surface area contributed by atoms with E-state index in [-0.39, 0.29) is 7.43 Å². The van der Waals surface area contributed by atoms with Gasteiger partial charge in [-0.3, -0.25) is 4.79 Å². The van der Waals surface area contributed by atoms with Gasteiger partial charge in [0.05, 0.1) is 0 Å². The first-order valence-corrected chi connectivity index (χ1v) is 6.06. The molecule has 0 aromatic carbocycles. The molecule has 1 saturated carbocycles. The summed E-state index contributed by atoms with van der Waals surface area (Å²) in [5.74, 6) is 1.10. The summed E-state index contributed by atoms with van der Waals surface area (Å²) in [4.78, 5) is 10.8. The molecule has 0 aromatic rings. The van der Waals surface area contributed by atoms with Gasteiger partial charge in [0.25, 0.3) is 0 Å². The van der Waals surface area contributed by atoms with E-state index in [1.807, 2.05) is 0 Å². The fraction of sp³-hybridized carbons (Fsp3) is 0.786. The number of aliphatic carboxylic acids is 1. The molecule has 3 atom stereocenters. The Morgan fingerprint density at radius 1 is 1.44 bits per heavy atom. The Balaban J connectivity index is 0.00000128. The van der Waals surface area contributed by atoms with Crippen molar-refractivity contribution in [2.45, 2.75) is 52.9 Å². The van der Waals surface area contributed by atoms with Crippen LogP contribution in [-0.2, 0) is 4.79 Å². The number of rotatable bonds is 2. The number of allylic oxidation sites excluding steroid dienone is 2. The molecule has 16 heavy (non-hydrogen) atoms. The Labute approximate surface area is 98.7 Å². The van der Waals surface area contributed by atoms with E-state index in [1.165, 1.54) is 31.3 Å². The van der Waals surface area contributed by atoms with Crippen LogP contribution in [0.2, 0.25) is 0 Å². The summed E-state index contributed by atoms with van der Waals surface area (Å²) in [6.07, 6.45) is 8.88. The van der Waals surface area contributed by atoms with E-state index in [0.717, 1.165) is 12.3 Å². The monoisotopic (exact) mass is 224 g/mol. The van der Waals surface area contributed by atoms with Gasteiger partial charge in [-0.2, -0.15) is 0 Å². The summed E-state index contributed by atoms with van der Waals surface area (Å²) in [5.41, 5.74) is 1.47. The maximum atomic E-state index is 10.8. The highest BCUT2D eigenvalue weighted by atomic mass is 16.4. The van der Waals surface area contributed by atoms with Crippen molar-refractivity contribution in [3.8, 4) is 0 Å². The summed E-state index contributed by atoms with van der Waals surface area (Å²) < 4.78 is 0. The van der Waals surface area contributed by atoms with E-state index in [1.54, 1.807) is 0 Å². The van der Waals surface area contributed by atoms with Gasteiger partial charge in [-0.1, -0.05) is 25.5 Å². The van der Waals surface area contributed by atoms with Gasteiger partial charge in [-0.05, 0) is 50.4 Å². The summed E-state index contributed by atoms with van der Waals surface area (Å²) in [6.45, 7) is 2.18. The zero-order valence-corrected chi connectivity index (χ0v) is 9.41. The highest BCUT2D eigenvalue weighted by molar-refractivity contribution is 5.67. The van der Waals surface area contributed by atoms with E-state index in [9.17, 15) is 4.79 Å². The van der Waals surface area contributed by atoms with E-state index in [0.29, 0.717) is 18.3 Å². The Hall–Kier alpha value is -0.790. The predicted molar refractivity (Wildman–Crippen MR) is 66.3 cm³/mol. The lowest BCUT2D eigenvalue weighted by Gasteiger charge is -2.39. The lowest BCUT2D eigenvalue weighted by molar-refractivity contribution is -0.138. The molecule has 0 bridgehead atoms. The number of carboxylic acid groups (broad SMARTS) is 1. The summed E-state index contributed by atoms with van der Waals surface area (Å²) in [5, 5.41) is 8.90. The first kappa shape index (κ1) is 13.3. The molecule has 0 heterocycles. The van der Waals surface area contributed by atoms with E-state index >= 15 is 0 Å². The number of hydrogen-bond acceptors (Lipinski definition) is 1. The lowest BCUT2D eigenvalue weighted by atomic mass is 9.66. The molecule has 0 saturated heterocycles. The zero-order valence-electron chi connectivity index (χ0n) is 9.41. The van der Waals surface area contributed by atoms with Crippen LogP contribution in [0.3, 0.4) is 0 Å². The molecule has 2 aliphatic carbocycles. The van der Waals surface area contributed by atoms with Gasteiger partial charge in [-0.25, -0.2) is 0 Å². The fourth-order valence-corrected chi connectivity index (χ4v) is 3.31. The van der Waals surface area contributed by atoms with Crippen LogP contribution >= 0.6 is 0 Å². The van der Waals surface area contributed by atoms with Crippen LogP contribution in [0.4, 0.5) is 0 Å². The van der Waals surface area contributed by atoms with Gasteiger partial charge in [0.2, 0.25) is 0 Å². The largest absolute Gasteiger partial charge is 0.481 e. The summed E-state index contributed by atoms with van der Waals surface area (Å²) >= 11 is 0. The van der Waals surface area contributed by atoms with Gasteiger partial charge in [0, 0.05) is 6.42 Å². The van der Waals surface area contributed by atoms with Gasteiger partial charge < -0.3 is 5.11 Å². The first-order valence-electron chi connectivity index (χ1n) is 6.06.